The van der Waals surface area contributed by atoms with Crippen molar-refractivity contribution < 1.29 is 4.74 Å². The molecule has 4 rings (SSSR count). The molecule has 2 aromatic carbocycles. The molecule has 0 aliphatic heterocycles. The summed E-state index contributed by atoms with van der Waals surface area (Å²) in [6.45, 7) is 3.88. The maximum absolute atomic E-state index is 9.42. The third kappa shape index (κ3) is 2.82. The van der Waals surface area contributed by atoms with Crippen LogP contribution in [0.3, 0.4) is 0 Å². The number of aromatic amines is 2. The van der Waals surface area contributed by atoms with Gasteiger partial charge >= 0.3 is 0 Å². The molecule has 128 valence electrons. The summed E-state index contributed by atoms with van der Waals surface area (Å²) in [5.74, 6) is 0.596. The first-order valence-electron chi connectivity index (χ1n) is 8.49. The van der Waals surface area contributed by atoms with Crippen LogP contribution in [-0.2, 0) is 0 Å². The predicted molar refractivity (Wildman–Crippen MR) is 102 cm³/mol. The fourth-order valence-corrected chi connectivity index (χ4v) is 3.06. The normalized spacial score (nSPS) is 11.0. The van der Waals surface area contributed by atoms with Crippen molar-refractivity contribution in [3.63, 3.8) is 0 Å². The molecule has 2 aromatic heterocycles. The highest BCUT2D eigenvalue weighted by molar-refractivity contribution is 5.94. The van der Waals surface area contributed by atoms with Gasteiger partial charge in [0.1, 0.15) is 11.8 Å². The third-order valence-corrected chi connectivity index (χ3v) is 4.22. The third-order valence-electron chi connectivity index (χ3n) is 4.22. The van der Waals surface area contributed by atoms with E-state index in [4.69, 9.17) is 4.74 Å². The molecule has 0 bridgehead atoms. The smallest absolute Gasteiger partial charge is 0.137 e. The van der Waals surface area contributed by atoms with E-state index in [1.54, 1.807) is 0 Å². The summed E-state index contributed by atoms with van der Waals surface area (Å²) in [6, 6.07) is 17.9. The highest BCUT2D eigenvalue weighted by Crippen LogP contribution is 2.31. The van der Waals surface area contributed by atoms with Gasteiger partial charge in [-0.2, -0.15) is 10.4 Å². The van der Waals surface area contributed by atoms with Crippen LogP contribution < -0.4 is 4.74 Å². The van der Waals surface area contributed by atoms with Gasteiger partial charge in [0.2, 0.25) is 0 Å². The highest BCUT2D eigenvalue weighted by atomic mass is 16.5. The van der Waals surface area contributed by atoms with Gasteiger partial charge in [-0.3, -0.25) is 5.10 Å². The average molecular weight is 342 g/mol. The number of nitriles is 1. The second-order valence-electron chi connectivity index (χ2n) is 6.40. The molecule has 0 aliphatic carbocycles. The molecule has 5 nitrogen and oxygen atoms in total. The van der Waals surface area contributed by atoms with E-state index in [-0.39, 0.29) is 6.10 Å². The molecule has 0 fully saturated rings. The molecule has 0 aliphatic rings. The van der Waals surface area contributed by atoms with Gasteiger partial charge in [-0.25, -0.2) is 0 Å². The van der Waals surface area contributed by atoms with Crippen molar-refractivity contribution in [1.82, 2.24) is 15.2 Å². The minimum Gasteiger partial charge on any atom is -0.490 e. The molecule has 0 radical (unpaired) electrons. The number of benzene rings is 2. The van der Waals surface area contributed by atoms with Gasteiger partial charge in [-0.05, 0) is 50.2 Å². The molecule has 0 spiro atoms. The predicted octanol–water partition coefficient (Wildman–Crippen LogP) is 4.88. The Labute approximate surface area is 151 Å². The Hall–Kier alpha value is -3.52. The molecule has 0 unspecified atom stereocenters. The van der Waals surface area contributed by atoms with E-state index in [2.05, 4.69) is 33.4 Å². The summed E-state index contributed by atoms with van der Waals surface area (Å²) in [7, 11) is 0. The number of ether oxygens (including phenoxy) is 1. The summed E-state index contributed by atoms with van der Waals surface area (Å²) in [4.78, 5) is 3.22. The van der Waals surface area contributed by atoms with Gasteiger partial charge in [-0.1, -0.05) is 12.1 Å². The van der Waals surface area contributed by atoms with Crippen molar-refractivity contribution in [3.05, 3.63) is 60.3 Å². The molecular formula is C21H18N4O. The first kappa shape index (κ1) is 16.0. The second kappa shape index (κ2) is 6.41. The zero-order valence-corrected chi connectivity index (χ0v) is 14.6. The summed E-state index contributed by atoms with van der Waals surface area (Å²) in [5, 5.41) is 18.1. The minimum absolute atomic E-state index is 0.0202. The van der Waals surface area contributed by atoms with Gasteiger partial charge in [0.25, 0.3) is 0 Å². The Morgan fingerprint density at radius 2 is 2.00 bits per heavy atom. The maximum atomic E-state index is 9.42. The molecule has 26 heavy (non-hydrogen) atoms. The zero-order valence-electron chi connectivity index (χ0n) is 14.6. The number of hydrogen-bond acceptors (Lipinski definition) is 3. The van der Waals surface area contributed by atoms with Gasteiger partial charge in [-0.15, -0.1) is 0 Å². The number of hydrogen-bond donors (Lipinski definition) is 2. The van der Waals surface area contributed by atoms with Crippen LogP contribution in [0, 0.1) is 11.3 Å². The highest BCUT2D eigenvalue weighted by Gasteiger charge is 2.12. The largest absolute Gasteiger partial charge is 0.490 e. The standard InChI is InChI=1S/C21H18N4O/c1-13(2)26-21-7-6-14(10-15(21)12-22)19-11-20(25-24-19)16-4-3-5-18-17(16)8-9-23-18/h3-11,13,23H,1-2H3,(H,24,25). The molecule has 2 N–H and O–H groups in total. The number of nitrogens with zero attached hydrogens (tertiary/aromatic N) is 2. The molecule has 0 saturated carbocycles. The molecule has 2 heterocycles. The first-order chi connectivity index (χ1) is 12.7. The van der Waals surface area contributed by atoms with E-state index in [9.17, 15) is 5.26 Å². The second-order valence-corrected chi connectivity index (χ2v) is 6.40. The average Bonchev–Trinajstić information content (AvgIpc) is 3.30. The Kier molecular flexibility index (Phi) is 3.94. The van der Waals surface area contributed by atoms with Gasteiger partial charge in [0.15, 0.2) is 0 Å². The zero-order chi connectivity index (χ0) is 18.1. The molecule has 5 heteroatoms. The van der Waals surface area contributed by atoms with Crippen LogP contribution in [0.1, 0.15) is 19.4 Å². The van der Waals surface area contributed by atoms with Crippen molar-refractivity contribution in [1.29, 1.82) is 5.26 Å². The van der Waals surface area contributed by atoms with Crippen LogP contribution >= 0.6 is 0 Å². The molecular weight excluding hydrogens is 324 g/mol. The summed E-state index contributed by atoms with van der Waals surface area (Å²) >= 11 is 0. The van der Waals surface area contributed by atoms with E-state index >= 15 is 0 Å². The Balaban J connectivity index is 1.73. The van der Waals surface area contributed by atoms with Crippen molar-refractivity contribution in [2.75, 3.05) is 0 Å². The topological polar surface area (TPSA) is 77.5 Å². The molecule has 0 atom stereocenters. The van der Waals surface area contributed by atoms with Crippen LogP contribution in [0.2, 0.25) is 0 Å². The van der Waals surface area contributed by atoms with Gasteiger partial charge in [0, 0.05) is 28.2 Å². The first-order valence-corrected chi connectivity index (χ1v) is 8.49. The number of fused-ring (bicyclic) bond motifs is 1. The Morgan fingerprint density at radius 1 is 1.12 bits per heavy atom. The van der Waals surface area contributed by atoms with E-state index in [1.807, 2.05) is 56.4 Å². The monoisotopic (exact) mass is 342 g/mol. The van der Waals surface area contributed by atoms with E-state index in [1.165, 1.54) is 0 Å². The lowest BCUT2D eigenvalue weighted by atomic mass is 10.0. The summed E-state index contributed by atoms with van der Waals surface area (Å²) in [6.07, 6.45) is 1.95. The van der Waals surface area contributed by atoms with Crippen LogP contribution in [0.25, 0.3) is 33.4 Å². The van der Waals surface area contributed by atoms with Crippen LogP contribution in [0.5, 0.6) is 5.75 Å². The summed E-state index contributed by atoms with van der Waals surface area (Å²) < 4.78 is 5.69. The fourth-order valence-electron chi connectivity index (χ4n) is 3.06. The Bertz CT molecular complexity index is 1110. The molecule has 0 amide bonds. The molecule has 0 saturated heterocycles. The maximum Gasteiger partial charge on any atom is 0.137 e. The van der Waals surface area contributed by atoms with Crippen molar-refractivity contribution in [2.45, 2.75) is 20.0 Å². The van der Waals surface area contributed by atoms with Gasteiger partial charge < -0.3 is 9.72 Å². The van der Waals surface area contributed by atoms with Crippen LogP contribution in [0.15, 0.2) is 54.7 Å². The van der Waals surface area contributed by atoms with Crippen molar-refractivity contribution >= 4 is 10.9 Å². The van der Waals surface area contributed by atoms with E-state index in [0.29, 0.717) is 11.3 Å². The number of nitrogens with one attached hydrogen (secondary N) is 2. The fraction of sp³-hybridized carbons (Fsp3) is 0.143. The van der Waals surface area contributed by atoms with Crippen molar-refractivity contribution in [2.24, 2.45) is 0 Å². The lowest BCUT2D eigenvalue weighted by Crippen LogP contribution is -2.06. The number of H-pyrrole nitrogens is 2. The van der Waals surface area contributed by atoms with E-state index in [0.717, 1.165) is 33.4 Å². The van der Waals surface area contributed by atoms with Crippen LogP contribution in [-0.4, -0.2) is 21.3 Å². The lowest BCUT2D eigenvalue weighted by molar-refractivity contribution is 0.242. The summed E-state index contributed by atoms with van der Waals surface area (Å²) in [5.41, 5.74) is 5.28. The Morgan fingerprint density at radius 3 is 2.81 bits per heavy atom. The van der Waals surface area contributed by atoms with Crippen molar-refractivity contribution in [3.8, 4) is 34.3 Å². The van der Waals surface area contributed by atoms with E-state index < -0.39 is 0 Å². The lowest BCUT2D eigenvalue weighted by Gasteiger charge is -2.11. The minimum atomic E-state index is 0.0202. The number of rotatable bonds is 4. The number of aromatic nitrogens is 3. The van der Waals surface area contributed by atoms with Gasteiger partial charge in [0.05, 0.1) is 23.1 Å². The van der Waals surface area contributed by atoms with Crippen LogP contribution in [0.4, 0.5) is 0 Å². The molecule has 4 aromatic rings. The SMILES string of the molecule is CC(C)Oc1ccc(-c2cc(-c3cccc4[nH]ccc34)[nH]n2)cc1C#N. The quantitative estimate of drug-likeness (QED) is 0.554.